The lowest BCUT2D eigenvalue weighted by Gasteiger charge is -2.34. The molecule has 2 heterocycles. The molecule has 1 unspecified atom stereocenters. The molecule has 2 N–H and O–H groups in total. The van der Waals surface area contributed by atoms with Crippen LogP contribution in [0.5, 0.6) is 0 Å². The Hall–Kier alpha value is -0.340. The third kappa shape index (κ3) is 7.10. The summed E-state index contributed by atoms with van der Waals surface area (Å²) < 4.78 is 61.5. The summed E-state index contributed by atoms with van der Waals surface area (Å²) in [6.45, 7) is 7.01. The van der Waals surface area contributed by atoms with Gasteiger partial charge in [0.2, 0.25) is 0 Å². The second-order valence-corrected chi connectivity index (χ2v) is 9.71. The smallest absolute Gasteiger partial charge is 0.355 e. The van der Waals surface area contributed by atoms with Crippen molar-refractivity contribution < 1.29 is 21.6 Å². The maximum absolute atomic E-state index is 12.7. The minimum absolute atomic E-state index is 0. The lowest BCUT2D eigenvalue weighted by molar-refractivity contribution is -0.0494. The number of alkyl halides is 3. The summed E-state index contributed by atoms with van der Waals surface area (Å²) in [7, 11) is -3.59. The summed E-state index contributed by atoms with van der Waals surface area (Å²) in [5, 5.41) is 6.54. The minimum atomic E-state index is -5.24. The molecule has 2 saturated heterocycles. The molecular weight excluding hydrogens is 522 g/mol. The minimum Gasteiger partial charge on any atom is -0.355 e. The molecular formula is C17H33F3IN5O2S. The molecule has 2 rings (SSSR count). The highest BCUT2D eigenvalue weighted by molar-refractivity contribution is 14.0. The third-order valence-corrected chi connectivity index (χ3v) is 7.14. The van der Waals surface area contributed by atoms with E-state index in [0.717, 1.165) is 19.6 Å². The van der Waals surface area contributed by atoms with Crippen LogP contribution in [0.4, 0.5) is 13.2 Å². The van der Waals surface area contributed by atoms with Gasteiger partial charge >= 0.3 is 15.5 Å². The van der Waals surface area contributed by atoms with Crippen LogP contribution in [-0.4, -0.2) is 80.9 Å². The average molecular weight is 555 g/mol. The molecule has 2 aliphatic rings. The quantitative estimate of drug-likeness (QED) is 0.299. The monoisotopic (exact) mass is 555 g/mol. The molecule has 0 aromatic carbocycles. The van der Waals surface area contributed by atoms with Gasteiger partial charge in [-0.1, -0.05) is 13.8 Å². The van der Waals surface area contributed by atoms with Crippen molar-refractivity contribution in [3.8, 4) is 0 Å². The average Bonchev–Trinajstić information content (AvgIpc) is 3.14. The van der Waals surface area contributed by atoms with Crippen molar-refractivity contribution in [3.63, 3.8) is 0 Å². The lowest BCUT2D eigenvalue weighted by atomic mass is 10.0. The van der Waals surface area contributed by atoms with Gasteiger partial charge in [-0.2, -0.15) is 17.5 Å². The predicted molar refractivity (Wildman–Crippen MR) is 119 cm³/mol. The second-order valence-electron chi connectivity index (χ2n) is 7.78. The van der Waals surface area contributed by atoms with Crippen molar-refractivity contribution >= 4 is 40.0 Å². The Kier molecular flexibility index (Phi) is 10.4. The van der Waals surface area contributed by atoms with Crippen molar-refractivity contribution in [2.24, 2.45) is 10.9 Å². The number of aliphatic imine (C=N–C) groups is 1. The number of sulfonamides is 1. The molecule has 0 aliphatic carbocycles. The van der Waals surface area contributed by atoms with E-state index >= 15 is 0 Å². The van der Waals surface area contributed by atoms with Crippen LogP contribution in [-0.2, 0) is 10.0 Å². The van der Waals surface area contributed by atoms with Crippen molar-refractivity contribution in [1.29, 1.82) is 0 Å². The standard InChI is InChI=1S/C17H32F3N5O2S.HI/c1-13(2)15(24-8-4-5-9-24)12-22-16(21-3)23-14-6-10-25(11-7-14)28(26,27)17(18,19)20;/h13-15H,4-12H2,1-3H3,(H2,21,22,23);1H. The van der Waals surface area contributed by atoms with E-state index in [1.54, 1.807) is 7.05 Å². The molecule has 0 saturated carbocycles. The predicted octanol–water partition coefficient (Wildman–Crippen LogP) is 2.20. The van der Waals surface area contributed by atoms with Crippen LogP contribution in [0.25, 0.3) is 0 Å². The Labute approximate surface area is 188 Å². The Morgan fingerprint density at radius 1 is 1.14 bits per heavy atom. The van der Waals surface area contributed by atoms with E-state index in [1.165, 1.54) is 12.8 Å². The van der Waals surface area contributed by atoms with Gasteiger partial charge in [0, 0.05) is 38.8 Å². The highest BCUT2D eigenvalue weighted by Gasteiger charge is 2.50. The topological polar surface area (TPSA) is 77.0 Å². The Balaban J connectivity index is 0.00000420. The molecule has 2 fully saturated rings. The van der Waals surface area contributed by atoms with Gasteiger partial charge < -0.3 is 10.6 Å². The summed E-state index contributed by atoms with van der Waals surface area (Å²) in [4.78, 5) is 6.69. The van der Waals surface area contributed by atoms with Crippen LogP contribution in [0.1, 0.15) is 39.5 Å². The maximum atomic E-state index is 12.7. The van der Waals surface area contributed by atoms with E-state index in [0.29, 0.717) is 35.1 Å². The van der Waals surface area contributed by atoms with Gasteiger partial charge in [-0.25, -0.2) is 8.42 Å². The van der Waals surface area contributed by atoms with E-state index in [2.05, 4.69) is 34.4 Å². The highest BCUT2D eigenvalue weighted by atomic mass is 127. The number of hydrogen-bond donors (Lipinski definition) is 2. The molecule has 0 bridgehead atoms. The molecule has 2 aliphatic heterocycles. The molecule has 0 amide bonds. The number of likely N-dealkylation sites (tertiary alicyclic amines) is 1. The molecule has 1 atom stereocenters. The highest BCUT2D eigenvalue weighted by Crippen LogP contribution is 2.29. The van der Waals surface area contributed by atoms with Crippen molar-refractivity contribution in [2.45, 2.75) is 57.1 Å². The van der Waals surface area contributed by atoms with Crippen LogP contribution in [0.2, 0.25) is 0 Å². The van der Waals surface area contributed by atoms with Crippen LogP contribution in [0, 0.1) is 5.92 Å². The molecule has 0 radical (unpaired) electrons. The van der Waals surface area contributed by atoms with Crippen LogP contribution < -0.4 is 10.6 Å². The van der Waals surface area contributed by atoms with Gasteiger partial charge in [-0.3, -0.25) is 9.89 Å². The maximum Gasteiger partial charge on any atom is 0.511 e. The second kappa shape index (κ2) is 11.3. The van der Waals surface area contributed by atoms with Gasteiger partial charge in [0.05, 0.1) is 0 Å². The van der Waals surface area contributed by atoms with Gasteiger partial charge in [0.1, 0.15) is 0 Å². The summed E-state index contributed by atoms with van der Waals surface area (Å²) in [5.41, 5.74) is -5.24. The first kappa shape index (κ1) is 26.7. The lowest BCUT2D eigenvalue weighted by Crippen LogP contribution is -2.53. The van der Waals surface area contributed by atoms with Crippen molar-refractivity contribution in [3.05, 3.63) is 0 Å². The molecule has 7 nitrogen and oxygen atoms in total. The third-order valence-electron chi connectivity index (χ3n) is 5.51. The number of rotatable bonds is 6. The normalized spacial score (nSPS) is 21.8. The van der Waals surface area contributed by atoms with E-state index in [4.69, 9.17) is 0 Å². The van der Waals surface area contributed by atoms with E-state index < -0.39 is 15.5 Å². The number of halogens is 4. The molecule has 0 aromatic rings. The number of hydrogen-bond acceptors (Lipinski definition) is 4. The first-order valence-electron chi connectivity index (χ1n) is 9.84. The molecule has 12 heteroatoms. The summed E-state index contributed by atoms with van der Waals surface area (Å²) in [6.07, 6.45) is 3.04. The molecule has 0 spiro atoms. The van der Waals surface area contributed by atoms with Gasteiger partial charge in [-0.15, -0.1) is 24.0 Å². The SMILES string of the molecule is CN=C(NCC(C(C)C)N1CCCC1)NC1CCN(S(=O)(=O)C(F)(F)F)CC1.I. The summed E-state index contributed by atoms with van der Waals surface area (Å²) >= 11 is 0. The van der Waals surface area contributed by atoms with E-state index in [9.17, 15) is 21.6 Å². The Bertz CT molecular complexity index is 631. The largest absolute Gasteiger partial charge is 0.511 e. The fourth-order valence-corrected chi connectivity index (χ4v) is 4.82. The van der Waals surface area contributed by atoms with Crippen molar-refractivity contribution in [1.82, 2.24) is 19.8 Å². The van der Waals surface area contributed by atoms with E-state index in [1.807, 2.05) is 0 Å². The number of piperidine rings is 1. The van der Waals surface area contributed by atoms with Crippen molar-refractivity contribution in [2.75, 3.05) is 39.8 Å². The number of nitrogens with one attached hydrogen (secondary N) is 2. The first-order valence-corrected chi connectivity index (χ1v) is 11.3. The molecule has 172 valence electrons. The zero-order valence-corrected chi connectivity index (χ0v) is 20.4. The molecule has 0 aromatic heterocycles. The van der Waals surface area contributed by atoms with Crippen LogP contribution in [0.3, 0.4) is 0 Å². The Morgan fingerprint density at radius 2 is 1.69 bits per heavy atom. The summed E-state index contributed by atoms with van der Waals surface area (Å²) in [5.74, 6) is 1.08. The van der Waals surface area contributed by atoms with E-state index in [-0.39, 0.29) is 43.1 Å². The van der Waals surface area contributed by atoms with Gasteiger partial charge in [0.15, 0.2) is 5.96 Å². The number of guanidine groups is 1. The van der Waals surface area contributed by atoms with Gasteiger partial charge in [-0.05, 0) is 44.7 Å². The van der Waals surface area contributed by atoms with Crippen LogP contribution in [0.15, 0.2) is 4.99 Å². The first-order chi connectivity index (χ1) is 13.1. The van der Waals surface area contributed by atoms with Gasteiger partial charge in [0.25, 0.3) is 0 Å². The fraction of sp³-hybridized carbons (Fsp3) is 0.941. The molecule has 29 heavy (non-hydrogen) atoms. The van der Waals surface area contributed by atoms with Crippen LogP contribution >= 0.6 is 24.0 Å². The number of nitrogens with zero attached hydrogens (tertiary/aromatic N) is 3. The zero-order chi connectivity index (χ0) is 20.9. The fourth-order valence-electron chi connectivity index (χ4n) is 3.84. The summed E-state index contributed by atoms with van der Waals surface area (Å²) in [6, 6.07) is 0.273. The Morgan fingerprint density at radius 3 is 2.14 bits per heavy atom. The zero-order valence-electron chi connectivity index (χ0n) is 17.2.